The summed E-state index contributed by atoms with van der Waals surface area (Å²) in [5.74, 6) is -0.911. The summed E-state index contributed by atoms with van der Waals surface area (Å²) in [6, 6.07) is 9.09. The van der Waals surface area contributed by atoms with Gasteiger partial charge in [0, 0.05) is 35.6 Å². The number of hydrogen-bond acceptors (Lipinski definition) is 2. The molecule has 1 fully saturated rings. The first-order valence-electron chi connectivity index (χ1n) is 8.78. The third kappa shape index (κ3) is 5.49. The summed E-state index contributed by atoms with van der Waals surface area (Å²) in [7, 11) is 1.60. The zero-order valence-electron chi connectivity index (χ0n) is 15.5. The quantitative estimate of drug-likeness (QED) is 0.590. The lowest BCUT2D eigenvalue weighted by Crippen LogP contribution is -2.49. The first kappa shape index (κ1) is 23.6. The lowest BCUT2D eigenvalue weighted by molar-refractivity contribution is -0.137. The van der Waals surface area contributed by atoms with Crippen LogP contribution in [-0.4, -0.2) is 37.0 Å². The van der Waals surface area contributed by atoms with Gasteiger partial charge >= 0.3 is 6.18 Å². The molecule has 3 rings (SSSR count). The topological polar surface area (TPSA) is 32.3 Å². The predicted octanol–water partition coefficient (Wildman–Crippen LogP) is 5.25. The van der Waals surface area contributed by atoms with Gasteiger partial charge in [0.05, 0.1) is 5.56 Å². The van der Waals surface area contributed by atoms with Gasteiger partial charge in [0.1, 0.15) is 5.82 Å². The highest BCUT2D eigenvalue weighted by Crippen LogP contribution is 2.33. The Labute approximate surface area is 181 Å². The molecule has 0 aliphatic carbocycles. The molecule has 158 valence electrons. The van der Waals surface area contributed by atoms with Crippen molar-refractivity contribution in [3.8, 4) is 0 Å². The lowest BCUT2D eigenvalue weighted by atomic mass is 9.85. The Hall–Kier alpha value is -1.64. The molecular formula is C20H20BrClF4N2O. The molecule has 1 aliphatic rings. The number of carbonyl (C=O) groups excluding carboxylic acids is 1. The van der Waals surface area contributed by atoms with Gasteiger partial charge in [0.15, 0.2) is 0 Å². The van der Waals surface area contributed by atoms with E-state index in [0.717, 1.165) is 17.7 Å². The third-order valence-electron chi connectivity index (χ3n) is 5.03. The Morgan fingerprint density at radius 1 is 1.17 bits per heavy atom. The normalized spacial score (nSPS) is 19.4. The summed E-state index contributed by atoms with van der Waals surface area (Å²) in [5, 5.41) is 3.26. The van der Waals surface area contributed by atoms with E-state index < -0.39 is 17.6 Å². The van der Waals surface area contributed by atoms with Crippen molar-refractivity contribution < 1.29 is 22.4 Å². The second kappa shape index (κ2) is 9.45. The van der Waals surface area contributed by atoms with E-state index in [1.807, 2.05) is 0 Å². The van der Waals surface area contributed by atoms with Crippen LogP contribution in [0.4, 0.5) is 17.6 Å². The molecule has 29 heavy (non-hydrogen) atoms. The lowest BCUT2D eigenvalue weighted by Gasteiger charge is -2.39. The van der Waals surface area contributed by atoms with Gasteiger partial charge in [-0.2, -0.15) is 13.2 Å². The molecule has 1 heterocycles. The Morgan fingerprint density at radius 2 is 1.83 bits per heavy atom. The van der Waals surface area contributed by atoms with Crippen molar-refractivity contribution in [2.45, 2.75) is 24.6 Å². The second-order valence-corrected chi connectivity index (χ2v) is 7.78. The fourth-order valence-electron chi connectivity index (χ4n) is 3.59. The molecule has 0 radical (unpaired) electrons. The van der Waals surface area contributed by atoms with Gasteiger partial charge in [-0.15, -0.1) is 12.4 Å². The minimum Gasteiger partial charge on any atom is -0.338 e. The van der Waals surface area contributed by atoms with Gasteiger partial charge in [-0.3, -0.25) is 4.79 Å². The number of hydrogen-bond donors (Lipinski definition) is 1. The molecule has 1 aliphatic heterocycles. The van der Waals surface area contributed by atoms with E-state index in [-0.39, 0.29) is 40.2 Å². The van der Waals surface area contributed by atoms with E-state index in [9.17, 15) is 22.4 Å². The second-order valence-electron chi connectivity index (χ2n) is 6.86. The molecule has 0 saturated carbocycles. The van der Waals surface area contributed by atoms with Crippen molar-refractivity contribution in [1.29, 1.82) is 0 Å². The summed E-state index contributed by atoms with van der Waals surface area (Å²) in [6.45, 7) is 1.28. The molecule has 0 spiro atoms. The van der Waals surface area contributed by atoms with Crippen LogP contribution in [-0.2, 0) is 6.18 Å². The maximum Gasteiger partial charge on any atom is 0.416 e. The molecule has 2 aromatic carbocycles. The fraction of sp³-hybridized carbons (Fsp3) is 0.350. The monoisotopic (exact) mass is 494 g/mol. The number of piperidine rings is 1. The van der Waals surface area contributed by atoms with E-state index in [0.29, 0.717) is 19.5 Å². The van der Waals surface area contributed by atoms with Crippen LogP contribution in [0.3, 0.4) is 0 Å². The summed E-state index contributed by atoms with van der Waals surface area (Å²) >= 11 is 3.06. The minimum absolute atomic E-state index is 0. The fourth-order valence-corrected chi connectivity index (χ4v) is 4.08. The predicted molar refractivity (Wildman–Crippen MR) is 109 cm³/mol. The van der Waals surface area contributed by atoms with Gasteiger partial charge in [-0.05, 0) is 48.9 Å². The average molecular weight is 496 g/mol. The Balaban J connectivity index is 0.00000300. The number of alkyl halides is 3. The number of benzene rings is 2. The number of nitrogens with zero attached hydrogens (tertiary/aromatic N) is 1. The minimum atomic E-state index is -4.54. The van der Waals surface area contributed by atoms with E-state index in [1.165, 1.54) is 23.1 Å². The van der Waals surface area contributed by atoms with Crippen molar-refractivity contribution in [2.24, 2.45) is 0 Å². The molecule has 0 unspecified atom stereocenters. The molecular weight excluding hydrogens is 476 g/mol. The van der Waals surface area contributed by atoms with Crippen LogP contribution in [0.25, 0.3) is 0 Å². The zero-order valence-corrected chi connectivity index (χ0v) is 17.9. The SMILES string of the molecule is CN(C(=O)c1cc(Br)cc(C(F)(F)F)c1)[C@@H]1CCNC[C@H]1c1ccc(F)cc1.Cl. The van der Waals surface area contributed by atoms with Crippen LogP contribution in [0.5, 0.6) is 0 Å². The highest BCUT2D eigenvalue weighted by Gasteiger charge is 2.35. The van der Waals surface area contributed by atoms with Crippen molar-refractivity contribution in [2.75, 3.05) is 20.1 Å². The summed E-state index contributed by atoms with van der Waals surface area (Å²) < 4.78 is 52.7. The number of likely N-dealkylation sites (N-methyl/N-ethyl adjacent to an activating group) is 1. The van der Waals surface area contributed by atoms with Crippen LogP contribution in [0.1, 0.15) is 33.8 Å². The highest BCUT2D eigenvalue weighted by atomic mass is 79.9. The number of nitrogens with one attached hydrogen (secondary N) is 1. The van der Waals surface area contributed by atoms with E-state index in [4.69, 9.17) is 0 Å². The summed E-state index contributed by atoms with van der Waals surface area (Å²) in [4.78, 5) is 14.5. The standard InChI is InChI=1S/C20H19BrF4N2O.ClH/c1-27(19(28)13-8-14(20(23,24)25)10-15(21)9-13)18-6-7-26-11-17(18)12-2-4-16(22)5-3-12;/h2-5,8-10,17-18,26H,6-7,11H2,1H3;1H/t17-,18+;/m0./s1. The van der Waals surface area contributed by atoms with Crippen molar-refractivity contribution in [3.05, 3.63) is 69.4 Å². The first-order valence-corrected chi connectivity index (χ1v) is 9.57. The van der Waals surface area contributed by atoms with Crippen molar-refractivity contribution in [3.63, 3.8) is 0 Å². The van der Waals surface area contributed by atoms with Gasteiger partial charge in [0.25, 0.3) is 5.91 Å². The largest absolute Gasteiger partial charge is 0.416 e. The highest BCUT2D eigenvalue weighted by molar-refractivity contribution is 9.10. The molecule has 2 aromatic rings. The molecule has 0 bridgehead atoms. The maximum absolute atomic E-state index is 13.3. The number of halogens is 6. The summed E-state index contributed by atoms with van der Waals surface area (Å²) in [6.07, 6.45) is -3.90. The smallest absolute Gasteiger partial charge is 0.338 e. The number of carbonyl (C=O) groups is 1. The van der Waals surface area contributed by atoms with Crippen LogP contribution >= 0.6 is 28.3 Å². The number of amides is 1. The maximum atomic E-state index is 13.3. The van der Waals surface area contributed by atoms with Crippen LogP contribution in [0, 0.1) is 5.82 Å². The third-order valence-corrected chi connectivity index (χ3v) is 5.49. The van der Waals surface area contributed by atoms with E-state index in [1.54, 1.807) is 19.2 Å². The molecule has 1 saturated heterocycles. The van der Waals surface area contributed by atoms with Crippen LogP contribution in [0.15, 0.2) is 46.9 Å². The zero-order chi connectivity index (χ0) is 20.5. The molecule has 3 nitrogen and oxygen atoms in total. The van der Waals surface area contributed by atoms with Crippen molar-refractivity contribution >= 4 is 34.2 Å². The molecule has 2 atom stereocenters. The van der Waals surface area contributed by atoms with Crippen molar-refractivity contribution in [1.82, 2.24) is 10.2 Å². The van der Waals surface area contributed by atoms with Gasteiger partial charge < -0.3 is 10.2 Å². The van der Waals surface area contributed by atoms with Gasteiger partial charge in [0.2, 0.25) is 0 Å². The molecule has 9 heteroatoms. The molecule has 0 aromatic heterocycles. The Kier molecular flexibility index (Phi) is 7.70. The molecule has 1 amide bonds. The number of rotatable bonds is 3. The molecule has 1 N–H and O–H groups in total. The first-order chi connectivity index (χ1) is 13.2. The van der Waals surface area contributed by atoms with Crippen LogP contribution in [0.2, 0.25) is 0 Å². The van der Waals surface area contributed by atoms with Gasteiger partial charge in [-0.25, -0.2) is 4.39 Å². The van der Waals surface area contributed by atoms with Gasteiger partial charge in [-0.1, -0.05) is 28.1 Å². The average Bonchev–Trinajstić information content (AvgIpc) is 2.66. The Bertz CT molecular complexity index is 861. The van der Waals surface area contributed by atoms with E-state index >= 15 is 0 Å². The van der Waals surface area contributed by atoms with Crippen LogP contribution < -0.4 is 5.32 Å². The Morgan fingerprint density at radius 3 is 2.45 bits per heavy atom. The van der Waals surface area contributed by atoms with E-state index in [2.05, 4.69) is 21.2 Å². The summed E-state index contributed by atoms with van der Waals surface area (Å²) in [5.41, 5.74) is -0.0249.